The SMILES string of the molecule is CC1(C)c2cc(-c3c4ccccc4c(-c4cccc5ccccc45)c4ccccc34)ccc2-c2c1c1ccccc1c1c2sc2ccccc21. The van der Waals surface area contributed by atoms with Crippen LogP contribution in [-0.4, -0.2) is 0 Å². The van der Waals surface area contributed by atoms with E-state index >= 15 is 0 Å². The van der Waals surface area contributed by atoms with Gasteiger partial charge in [0, 0.05) is 31.2 Å². The molecule has 0 bridgehead atoms. The van der Waals surface area contributed by atoms with Crippen molar-refractivity contribution in [2.75, 3.05) is 0 Å². The lowest BCUT2D eigenvalue weighted by Gasteiger charge is -2.24. The van der Waals surface area contributed by atoms with E-state index in [0.717, 1.165) is 0 Å². The summed E-state index contributed by atoms with van der Waals surface area (Å²) < 4.78 is 2.77. The minimum Gasteiger partial charge on any atom is -0.134 e. The number of rotatable bonds is 2. The standard InChI is InChI=1S/C49H32S/c1-49(2)41-28-30(26-27-39(41)46-47(49)38-22-10-9-21-37(38)45-40-23-11-12-25-42(40)50-48(45)46)43-33-17-5-7-19-35(33)44(36-20-8-6-18-34(36)43)32-24-13-15-29-14-3-4-16-31(29)32/h3-28H,1-2H3. The third kappa shape index (κ3) is 3.65. The summed E-state index contributed by atoms with van der Waals surface area (Å²) >= 11 is 1.95. The number of benzene rings is 9. The lowest BCUT2D eigenvalue weighted by Crippen LogP contribution is -2.15. The van der Waals surface area contributed by atoms with Crippen LogP contribution in [0.25, 0.3) is 96.6 Å². The lowest BCUT2D eigenvalue weighted by atomic mass is 9.78. The molecule has 0 nitrogen and oxygen atoms in total. The molecular weight excluding hydrogens is 621 g/mol. The van der Waals surface area contributed by atoms with Gasteiger partial charge in [-0.3, -0.25) is 0 Å². The number of thiophene rings is 1. The molecule has 11 rings (SSSR count). The number of hydrogen-bond acceptors (Lipinski definition) is 1. The van der Waals surface area contributed by atoms with Crippen molar-refractivity contribution in [2.24, 2.45) is 0 Å². The Labute approximate surface area is 294 Å². The van der Waals surface area contributed by atoms with Crippen molar-refractivity contribution in [3.63, 3.8) is 0 Å². The van der Waals surface area contributed by atoms with Crippen LogP contribution in [0.1, 0.15) is 25.0 Å². The average Bonchev–Trinajstić information content (AvgIpc) is 3.66. The molecule has 0 saturated heterocycles. The molecule has 0 saturated carbocycles. The molecule has 1 aliphatic carbocycles. The van der Waals surface area contributed by atoms with E-state index in [1.54, 1.807) is 0 Å². The smallest absolute Gasteiger partial charge is 0.0443 e. The maximum Gasteiger partial charge on any atom is 0.0443 e. The van der Waals surface area contributed by atoms with Gasteiger partial charge in [-0.1, -0.05) is 159 Å². The molecule has 0 radical (unpaired) electrons. The summed E-state index contributed by atoms with van der Waals surface area (Å²) in [6.45, 7) is 4.87. The molecule has 1 heterocycles. The van der Waals surface area contributed by atoms with Crippen LogP contribution in [0.5, 0.6) is 0 Å². The number of hydrogen-bond donors (Lipinski definition) is 0. The fourth-order valence-corrected chi connectivity index (χ4v) is 10.6. The van der Waals surface area contributed by atoms with E-state index in [0.29, 0.717) is 0 Å². The summed E-state index contributed by atoms with van der Waals surface area (Å²) in [5, 5.41) is 13.2. The third-order valence-corrected chi connectivity index (χ3v) is 12.6. The van der Waals surface area contributed by atoms with Crippen molar-refractivity contribution in [2.45, 2.75) is 19.3 Å². The van der Waals surface area contributed by atoms with Gasteiger partial charge in [0.15, 0.2) is 0 Å². The van der Waals surface area contributed by atoms with Gasteiger partial charge in [-0.25, -0.2) is 0 Å². The molecule has 234 valence electrons. The molecule has 0 N–H and O–H groups in total. The Hall–Kier alpha value is -5.76. The Morgan fingerprint density at radius 1 is 0.420 bits per heavy atom. The molecule has 0 spiro atoms. The van der Waals surface area contributed by atoms with E-state index in [1.807, 2.05) is 11.3 Å². The normalized spacial score (nSPS) is 13.6. The molecular formula is C49H32S. The van der Waals surface area contributed by atoms with Crippen LogP contribution < -0.4 is 0 Å². The molecule has 0 fully saturated rings. The molecule has 0 aliphatic heterocycles. The van der Waals surface area contributed by atoms with Crippen LogP contribution in [0.15, 0.2) is 158 Å². The highest BCUT2D eigenvalue weighted by atomic mass is 32.1. The van der Waals surface area contributed by atoms with Crippen LogP contribution in [0, 0.1) is 0 Å². The highest BCUT2D eigenvalue weighted by Crippen LogP contribution is 2.58. The monoisotopic (exact) mass is 652 g/mol. The van der Waals surface area contributed by atoms with E-state index in [2.05, 4.69) is 172 Å². The van der Waals surface area contributed by atoms with Crippen molar-refractivity contribution in [3.05, 3.63) is 169 Å². The van der Waals surface area contributed by atoms with E-state index in [4.69, 9.17) is 0 Å². The minimum atomic E-state index is -0.168. The van der Waals surface area contributed by atoms with E-state index in [1.165, 1.54) is 108 Å². The van der Waals surface area contributed by atoms with E-state index in [9.17, 15) is 0 Å². The predicted molar refractivity (Wildman–Crippen MR) is 218 cm³/mol. The summed E-state index contributed by atoms with van der Waals surface area (Å²) in [5.74, 6) is 0. The molecule has 9 aromatic carbocycles. The van der Waals surface area contributed by atoms with Gasteiger partial charge in [0.2, 0.25) is 0 Å². The average molecular weight is 653 g/mol. The highest BCUT2D eigenvalue weighted by molar-refractivity contribution is 7.26. The molecule has 1 aliphatic rings. The third-order valence-electron chi connectivity index (χ3n) is 11.4. The first kappa shape index (κ1) is 28.1. The zero-order valence-corrected chi connectivity index (χ0v) is 28.7. The molecule has 0 unspecified atom stereocenters. The molecule has 0 amide bonds. The molecule has 10 aromatic rings. The summed E-state index contributed by atoms with van der Waals surface area (Å²) in [6, 6.07) is 58.9. The summed E-state index contributed by atoms with van der Waals surface area (Å²) in [5.41, 5.74) is 10.7. The second-order valence-electron chi connectivity index (χ2n) is 14.4. The zero-order valence-electron chi connectivity index (χ0n) is 27.9. The molecule has 0 atom stereocenters. The van der Waals surface area contributed by atoms with Crippen LogP contribution in [0.2, 0.25) is 0 Å². The van der Waals surface area contributed by atoms with Gasteiger partial charge in [0.1, 0.15) is 0 Å². The van der Waals surface area contributed by atoms with E-state index in [-0.39, 0.29) is 5.41 Å². The Balaban J connectivity index is 1.22. The topological polar surface area (TPSA) is 0 Å². The van der Waals surface area contributed by atoms with E-state index < -0.39 is 0 Å². The fourth-order valence-electron chi connectivity index (χ4n) is 9.30. The van der Waals surface area contributed by atoms with Gasteiger partial charge < -0.3 is 0 Å². The molecule has 1 heteroatoms. The van der Waals surface area contributed by atoms with Gasteiger partial charge in [-0.2, -0.15) is 0 Å². The highest BCUT2D eigenvalue weighted by Gasteiger charge is 2.39. The maximum atomic E-state index is 2.52. The first-order valence-electron chi connectivity index (χ1n) is 17.5. The van der Waals surface area contributed by atoms with Crippen molar-refractivity contribution in [1.29, 1.82) is 0 Å². The Morgan fingerprint density at radius 3 is 1.70 bits per heavy atom. The first-order chi connectivity index (χ1) is 24.6. The summed E-state index contributed by atoms with van der Waals surface area (Å²) in [4.78, 5) is 0. The second-order valence-corrected chi connectivity index (χ2v) is 15.4. The van der Waals surface area contributed by atoms with Gasteiger partial charge in [0.05, 0.1) is 0 Å². The Kier molecular flexibility index (Phi) is 5.70. The molecule has 50 heavy (non-hydrogen) atoms. The van der Waals surface area contributed by atoms with Crippen molar-refractivity contribution in [1.82, 2.24) is 0 Å². The van der Waals surface area contributed by atoms with Crippen molar-refractivity contribution < 1.29 is 0 Å². The fraction of sp³-hybridized carbons (Fsp3) is 0.0612. The number of fused-ring (bicyclic) bond motifs is 13. The van der Waals surface area contributed by atoms with Crippen LogP contribution in [0.3, 0.4) is 0 Å². The van der Waals surface area contributed by atoms with Gasteiger partial charge in [-0.05, 0) is 94.2 Å². The van der Waals surface area contributed by atoms with Gasteiger partial charge in [0.25, 0.3) is 0 Å². The first-order valence-corrected chi connectivity index (χ1v) is 18.3. The molecule has 1 aromatic heterocycles. The minimum absolute atomic E-state index is 0.168. The zero-order chi connectivity index (χ0) is 33.1. The summed E-state index contributed by atoms with van der Waals surface area (Å²) in [7, 11) is 0. The second kappa shape index (κ2) is 10.1. The predicted octanol–water partition coefficient (Wildman–Crippen LogP) is 14.3. The van der Waals surface area contributed by atoms with Crippen LogP contribution in [0.4, 0.5) is 0 Å². The van der Waals surface area contributed by atoms with Crippen molar-refractivity contribution in [3.8, 4) is 33.4 Å². The Morgan fingerprint density at radius 2 is 0.980 bits per heavy atom. The Bertz CT molecular complexity index is 3000. The maximum absolute atomic E-state index is 2.52. The quantitative estimate of drug-likeness (QED) is 0.163. The van der Waals surface area contributed by atoms with Gasteiger partial charge in [-0.15, -0.1) is 11.3 Å². The van der Waals surface area contributed by atoms with Crippen molar-refractivity contribution >= 4 is 74.6 Å². The largest absolute Gasteiger partial charge is 0.134 e. The lowest BCUT2D eigenvalue weighted by molar-refractivity contribution is 0.667. The van der Waals surface area contributed by atoms with Crippen LogP contribution in [-0.2, 0) is 5.41 Å². The van der Waals surface area contributed by atoms with Crippen LogP contribution >= 0.6 is 11.3 Å². The summed E-state index contributed by atoms with van der Waals surface area (Å²) in [6.07, 6.45) is 0. The van der Waals surface area contributed by atoms with Gasteiger partial charge >= 0.3 is 0 Å².